The zero-order valence-corrected chi connectivity index (χ0v) is 13.4. The Kier molecular flexibility index (Phi) is 4.57. The molecule has 1 aliphatic rings. The summed E-state index contributed by atoms with van der Waals surface area (Å²) in [6, 6.07) is 7.94. The molecule has 0 radical (unpaired) electrons. The van der Waals surface area contributed by atoms with Gasteiger partial charge in [-0.1, -0.05) is 25.1 Å². The fraction of sp³-hybridized carbons (Fsp3) is 0.588. The molecular weight excluding hydrogens is 266 g/mol. The van der Waals surface area contributed by atoms with Crippen LogP contribution in [-0.2, 0) is 15.1 Å². The van der Waals surface area contributed by atoms with Crippen LogP contribution in [0.15, 0.2) is 24.3 Å². The van der Waals surface area contributed by atoms with Crippen molar-refractivity contribution < 1.29 is 14.3 Å². The molecule has 0 saturated carbocycles. The third-order valence-electron chi connectivity index (χ3n) is 3.78. The van der Waals surface area contributed by atoms with Gasteiger partial charge in [0.25, 0.3) is 0 Å². The molecule has 1 aromatic carbocycles. The van der Waals surface area contributed by atoms with Gasteiger partial charge < -0.3 is 14.8 Å². The van der Waals surface area contributed by atoms with Crippen molar-refractivity contribution in [2.45, 2.75) is 51.7 Å². The number of nitrogens with one attached hydrogen (secondary N) is 1. The summed E-state index contributed by atoms with van der Waals surface area (Å²) in [6.07, 6.45) is 1.04. The quantitative estimate of drug-likeness (QED) is 0.847. The van der Waals surface area contributed by atoms with Crippen LogP contribution in [0.5, 0.6) is 5.75 Å². The van der Waals surface area contributed by atoms with Gasteiger partial charge in [-0.25, -0.2) is 0 Å². The number of carbonyl (C=O) groups excluding carboxylic acids is 1. The maximum Gasteiger partial charge on any atom is 0.308 e. The average Bonchev–Trinajstić information content (AvgIpc) is 2.37. The van der Waals surface area contributed by atoms with Crippen LogP contribution >= 0.6 is 0 Å². The van der Waals surface area contributed by atoms with E-state index in [2.05, 4.69) is 26.1 Å². The molecule has 0 fully saturated rings. The Balaban J connectivity index is 2.44. The second-order valence-electron chi connectivity index (χ2n) is 6.13. The van der Waals surface area contributed by atoms with E-state index in [0.29, 0.717) is 13.0 Å². The molecule has 2 rings (SSSR count). The molecule has 0 amide bonds. The highest BCUT2D eigenvalue weighted by molar-refractivity contribution is 5.72. The van der Waals surface area contributed by atoms with E-state index in [1.165, 1.54) is 0 Å². The second kappa shape index (κ2) is 6.06. The third-order valence-corrected chi connectivity index (χ3v) is 3.78. The van der Waals surface area contributed by atoms with Gasteiger partial charge in [0.1, 0.15) is 11.4 Å². The van der Waals surface area contributed by atoms with Crippen molar-refractivity contribution in [3.63, 3.8) is 0 Å². The monoisotopic (exact) mass is 291 g/mol. The van der Waals surface area contributed by atoms with Gasteiger partial charge in [-0.05, 0) is 33.4 Å². The number of hydrogen-bond acceptors (Lipinski definition) is 4. The van der Waals surface area contributed by atoms with Crippen LogP contribution in [0.4, 0.5) is 0 Å². The molecule has 116 valence electrons. The fourth-order valence-corrected chi connectivity index (χ4v) is 3.28. The first-order valence-electron chi connectivity index (χ1n) is 7.61. The van der Waals surface area contributed by atoms with Gasteiger partial charge in [-0.2, -0.15) is 0 Å². The Hall–Kier alpha value is -1.55. The van der Waals surface area contributed by atoms with Crippen molar-refractivity contribution in [2.24, 2.45) is 0 Å². The smallest absolute Gasteiger partial charge is 0.308 e. The molecule has 4 nitrogen and oxygen atoms in total. The van der Waals surface area contributed by atoms with E-state index in [4.69, 9.17) is 9.47 Å². The van der Waals surface area contributed by atoms with E-state index in [1.807, 2.05) is 31.2 Å². The predicted molar refractivity (Wildman–Crippen MR) is 82.4 cm³/mol. The Morgan fingerprint density at radius 2 is 2.05 bits per heavy atom. The van der Waals surface area contributed by atoms with Gasteiger partial charge in [0.15, 0.2) is 0 Å². The number of esters is 1. The minimum atomic E-state index is -0.431. The molecular formula is C17H25NO3. The minimum absolute atomic E-state index is 0.175. The Bertz CT molecular complexity index is 513. The van der Waals surface area contributed by atoms with Crippen molar-refractivity contribution >= 4 is 5.97 Å². The SMILES string of the molecule is CCNC1(CC(=O)OCC)CC(C)(C)Oc2ccccc21. The van der Waals surface area contributed by atoms with Crippen LogP contribution in [0.2, 0.25) is 0 Å². The topological polar surface area (TPSA) is 47.6 Å². The summed E-state index contributed by atoms with van der Waals surface area (Å²) in [5.41, 5.74) is 0.279. The van der Waals surface area contributed by atoms with Crippen LogP contribution in [0, 0.1) is 0 Å². The molecule has 4 heteroatoms. The first-order chi connectivity index (χ1) is 9.92. The lowest BCUT2D eigenvalue weighted by molar-refractivity contribution is -0.146. The summed E-state index contributed by atoms with van der Waals surface area (Å²) in [5.74, 6) is 0.671. The summed E-state index contributed by atoms with van der Waals surface area (Å²) in [6.45, 7) is 9.18. The van der Waals surface area contributed by atoms with Gasteiger partial charge in [0, 0.05) is 12.0 Å². The van der Waals surface area contributed by atoms with E-state index in [0.717, 1.165) is 24.3 Å². The molecule has 0 bridgehead atoms. The number of benzene rings is 1. The zero-order valence-electron chi connectivity index (χ0n) is 13.4. The summed E-state index contributed by atoms with van der Waals surface area (Å²) < 4.78 is 11.2. The Morgan fingerprint density at radius 1 is 1.33 bits per heavy atom. The standard InChI is InChI=1S/C17H25NO3/c1-5-18-17(11-15(19)20-6-2)12-16(3,4)21-14-10-8-7-9-13(14)17/h7-10,18H,5-6,11-12H2,1-4H3. The molecule has 1 aliphatic heterocycles. The predicted octanol–water partition coefficient (Wildman–Crippen LogP) is 3.01. The first-order valence-corrected chi connectivity index (χ1v) is 7.61. The number of hydrogen-bond donors (Lipinski definition) is 1. The van der Waals surface area contributed by atoms with E-state index >= 15 is 0 Å². The van der Waals surface area contributed by atoms with Gasteiger partial charge in [0.2, 0.25) is 0 Å². The minimum Gasteiger partial charge on any atom is -0.487 e. The number of para-hydroxylation sites is 1. The first kappa shape index (κ1) is 15.8. The van der Waals surface area contributed by atoms with Gasteiger partial charge >= 0.3 is 5.97 Å². The van der Waals surface area contributed by atoms with E-state index in [1.54, 1.807) is 0 Å². The van der Waals surface area contributed by atoms with Crippen molar-refractivity contribution in [1.82, 2.24) is 5.32 Å². The number of rotatable bonds is 5. The maximum atomic E-state index is 12.1. The lowest BCUT2D eigenvalue weighted by Gasteiger charge is -2.46. The lowest BCUT2D eigenvalue weighted by atomic mass is 9.75. The summed E-state index contributed by atoms with van der Waals surface area (Å²) in [7, 11) is 0. The molecule has 0 spiro atoms. The molecule has 1 heterocycles. The van der Waals surface area contributed by atoms with Gasteiger partial charge in [-0.3, -0.25) is 4.79 Å². The van der Waals surface area contributed by atoms with Gasteiger partial charge in [-0.15, -0.1) is 0 Å². The van der Waals surface area contributed by atoms with E-state index in [-0.39, 0.29) is 11.6 Å². The largest absolute Gasteiger partial charge is 0.487 e. The highest BCUT2D eigenvalue weighted by atomic mass is 16.5. The molecule has 1 aromatic rings. The Morgan fingerprint density at radius 3 is 2.71 bits per heavy atom. The van der Waals surface area contributed by atoms with Crippen molar-refractivity contribution in [3.05, 3.63) is 29.8 Å². The molecule has 0 aliphatic carbocycles. The zero-order chi connectivity index (χ0) is 15.5. The maximum absolute atomic E-state index is 12.1. The van der Waals surface area contributed by atoms with Crippen molar-refractivity contribution in [3.8, 4) is 5.75 Å². The number of carbonyl (C=O) groups is 1. The van der Waals surface area contributed by atoms with Crippen LogP contribution in [0.25, 0.3) is 0 Å². The molecule has 0 aromatic heterocycles. The van der Waals surface area contributed by atoms with Gasteiger partial charge in [0.05, 0.1) is 18.6 Å². The molecule has 0 saturated heterocycles. The second-order valence-corrected chi connectivity index (χ2v) is 6.13. The lowest BCUT2D eigenvalue weighted by Crippen LogP contribution is -2.53. The molecule has 1 atom stereocenters. The normalized spacial score (nSPS) is 23.0. The van der Waals surface area contributed by atoms with Crippen LogP contribution < -0.4 is 10.1 Å². The Labute approximate surface area is 126 Å². The van der Waals surface area contributed by atoms with Crippen molar-refractivity contribution in [1.29, 1.82) is 0 Å². The van der Waals surface area contributed by atoms with Crippen LogP contribution in [-0.4, -0.2) is 24.7 Å². The highest BCUT2D eigenvalue weighted by Crippen LogP contribution is 2.45. The molecule has 1 N–H and O–H groups in total. The van der Waals surface area contributed by atoms with E-state index in [9.17, 15) is 4.79 Å². The van der Waals surface area contributed by atoms with E-state index < -0.39 is 5.54 Å². The van der Waals surface area contributed by atoms with Crippen LogP contribution in [0.3, 0.4) is 0 Å². The number of ether oxygens (including phenoxy) is 2. The highest BCUT2D eigenvalue weighted by Gasteiger charge is 2.46. The molecule has 1 unspecified atom stereocenters. The third kappa shape index (κ3) is 3.38. The molecule has 21 heavy (non-hydrogen) atoms. The summed E-state index contributed by atoms with van der Waals surface area (Å²) in [4.78, 5) is 12.1. The van der Waals surface area contributed by atoms with Crippen molar-refractivity contribution in [2.75, 3.05) is 13.2 Å². The summed E-state index contributed by atoms with van der Waals surface area (Å²) >= 11 is 0. The fourth-order valence-electron chi connectivity index (χ4n) is 3.28. The van der Waals surface area contributed by atoms with Crippen LogP contribution in [0.1, 0.15) is 46.1 Å². The average molecular weight is 291 g/mol. The number of fused-ring (bicyclic) bond motifs is 1. The summed E-state index contributed by atoms with van der Waals surface area (Å²) in [5, 5.41) is 3.52.